The molecule has 4 rings (SSSR count). The molecule has 1 atom stereocenters. The standard InChI is InChI=1S/C28H25BrN4O2S3/c1-3-25(26(35)33-28-32-24(16-37-28)19-7-11-20(29)12-8-19)38-23-6-4-5-22(15-23)31-27(36)30-21-13-9-18(10-14-21)17(2)34/h4-16,25H,3H2,1-2H3,(H2,30,31,36)(H,32,33,35). The van der Waals surface area contributed by atoms with E-state index in [4.69, 9.17) is 12.2 Å². The molecule has 0 radical (unpaired) electrons. The van der Waals surface area contributed by atoms with E-state index in [2.05, 4.69) is 36.9 Å². The Labute approximate surface area is 243 Å². The number of aromatic nitrogens is 1. The van der Waals surface area contributed by atoms with Gasteiger partial charge in [0.2, 0.25) is 5.91 Å². The molecule has 1 amide bonds. The molecule has 6 nitrogen and oxygen atoms in total. The number of benzene rings is 3. The Bertz CT molecular complexity index is 1440. The van der Waals surface area contributed by atoms with Crippen molar-refractivity contribution in [2.45, 2.75) is 30.4 Å². The number of nitrogens with zero attached hydrogens (tertiary/aromatic N) is 1. The van der Waals surface area contributed by atoms with Crippen molar-refractivity contribution in [1.29, 1.82) is 0 Å². The third-order valence-corrected chi connectivity index (χ3v) is 8.31. The summed E-state index contributed by atoms with van der Waals surface area (Å²) < 4.78 is 1.01. The van der Waals surface area contributed by atoms with E-state index in [0.717, 1.165) is 32.0 Å². The number of Topliss-reactive ketones (excluding diaryl/α,β-unsaturated/α-hetero) is 1. The van der Waals surface area contributed by atoms with Gasteiger partial charge in [0.15, 0.2) is 16.0 Å². The Morgan fingerprint density at radius 1 is 1.00 bits per heavy atom. The zero-order valence-electron chi connectivity index (χ0n) is 20.7. The van der Waals surface area contributed by atoms with Gasteiger partial charge in [-0.15, -0.1) is 23.1 Å². The molecule has 0 aliphatic heterocycles. The van der Waals surface area contributed by atoms with E-state index in [-0.39, 0.29) is 16.9 Å². The summed E-state index contributed by atoms with van der Waals surface area (Å²) >= 11 is 11.8. The van der Waals surface area contributed by atoms with E-state index in [1.165, 1.54) is 30.0 Å². The lowest BCUT2D eigenvalue weighted by Gasteiger charge is -2.15. The highest BCUT2D eigenvalue weighted by Crippen LogP contribution is 2.30. The van der Waals surface area contributed by atoms with Crippen LogP contribution in [0.2, 0.25) is 0 Å². The fourth-order valence-corrected chi connectivity index (χ4v) is 5.72. The number of hydrogen-bond acceptors (Lipinski definition) is 6. The third-order valence-electron chi connectivity index (χ3n) is 5.46. The first-order valence-electron chi connectivity index (χ1n) is 11.8. The molecule has 3 aromatic carbocycles. The number of halogens is 1. The van der Waals surface area contributed by atoms with Gasteiger partial charge in [-0.1, -0.05) is 41.1 Å². The van der Waals surface area contributed by atoms with Gasteiger partial charge in [-0.2, -0.15) is 0 Å². The fourth-order valence-electron chi connectivity index (χ4n) is 3.49. The summed E-state index contributed by atoms with van der Waals surface area (Å²) in [5.41, 5.74) is 4.06. The molecule has 0 aliphatic rings. The SMILES string of the molecule is CCC(Sc1cccc(NC(=S)Nc2ccc(C(C)=O)cc2)c1)C(=O)Nc1nc(-c2ccc(Br)cc2)cs1. The van der Waals surface area contributed by atoms with Crippen LogP contribution in [-0.4, -0.2) is 27.0 Å². The van der Waals surface area contributed by atoms with E-state index in [1.807, 2.05) is 73.0 Å². The Kier molecular flexibility index (Phi) is 9.68. The van der Waals surface area contributed by atoms with E-state index in [1.54, 1.807) is 12.1 Å². The topological polar surface area (TPSA) is 83.1 Å². The molecule has 38 heavy (non-hydrogen) atoms. The van der Waals surface area contributed by atoms with Crippen LogP contribution >= 0.6 is 51.2 Å². The number of nitrogens with one attached hydrogen (secondary N) is 3. The van der Waals surface area contributed by atoms with Crippen molar-refractivity contribution in [3.63, 3.8) is 0 Å². The highest BCUT2D eigenvalue weighted by atomic mass is 79.9. The van der Waals surface area contributed by atoms with Crippen LogP contribution in [0.5, 0.6) is 0 Å². The van der Waals surface area contributed by atoms with Gasteiger partial charge in [0, 0.05) is 37.2 Å². The smallest absolute Gasteiger partial charge is 0.239 e. The number of thiocarbonyl (C=S) groups is 1. The number of thiazole rings is 1. The predicted octanol–water partition coefficient (Wildman–Crippen LogP) is 8.09. The number of carbonyl (C=O) groups is 2. The second-order valence-corrected chi connectivity index (χ2v) is 11.7. The molecule has 0 spiro atoms. The van der Waals surface area contributed by atoms with Crippen molar-refractivity contribution in [3.05, 3.63) is 88.2 Å². The first kappa shape index (κ1) is 28.0. The summed E-state index contributed by atoms with van der Waals surface area (Å²) in [5.74, 6) is -0.0680. The summed E-state index contributed by atoms with van der Waals surface area (Å²) in [5, 5.41) is 11.9. The molecule has 0 aliphatic carbocycles. The van der Waals surface area contributed by atoms with Crippen LogP contribution in [0.4, 0.5) is 16.5 Å². The van der Waals surface area contributed by atoms with Gasteiger partial charge in [0.05, 0.1) is 10.9 Å². The second-order valence-electron chi connectivity index (χ2n) is 8.29. The summed E-state index contributed by atoms with van der Waals surface area (Å²) in [7, 11) is 0. The van der Waals surface area contributed by atoms with Gasteiger partial charge in [-0.3, -0.25) is 9.59 Å². The van der Waals surface area contributed by atoms with Gasteiger partial charge in [0.1, 0.15) is 0 Å². The Hall–Kier alpha value is -3.05. The van der Waals surface area contributed by atoms with Crippen LogP contribution in [0, 0.1) is 0 Å². The van der Waals surface area contributed by atoms with E-state index < -0.39 is 0 Å². The minimum Gasteiger partial charge on any atom is -0.332 e. The normalized spacial score (nSPS) is 11.4. The lowest BCUT2D eigenvalue weighted by Crippen LogP contribution is -2.24. The molecule has 0 saturated carbocycles. The highest BCUT2D eigenvalue weighted by molar-refractivity contribution is 9.10. The zero-order chi connectivity index (χ0) is 27.1. The molecular weight excluding hydrogens is 600 g/mol. The third kappa shape index (κ3) is 7.73. The predicted molar refractivity (Wildman–Crippen MR) is 167 cm³/mol. The van der Waals surface area contributed by atoms with Gasteiger partial charge in [0.25, 0.3) is 0 Å². The summed E-state index contributed by atoms with van der Waals surface area (Å²) in [6.45, 7) is 3.53. The molecule has 4 aromatic rings. The average Bonchev–Trinajstić information content (AvgIpc) is 3.36. The molecule has 1 aromatic heterocycles. The molecule has 3 N–H and O–H groups in total. The molecular formula is C28H25BrN4O2S3. The van der Waals surface area contributed by atoms with Crippen LogP contribution < -0.4 is 16.0 Å². The number of rotatable bonds is 9. The van der Waals surface area contributed by atoms with Crippen LogP contribution in [0.15, 0.2) is 87.5 Å². The van der Waals surface area contributed by atoms with E-state index in [0.29, 0.717) is 22.2 Å². The molecule has 10 heteroatoms. The maximum atomic E-state index is 13.0. The molecule has 1 unspecified atom stereocenters. The van der Waals surface area contributed by atoms with Gasteiger partial charge < -0.3 is 16.0 Å². The first-order chi connectivity index (χ1) is 18.3. The lowest BCUT2D eigenvalue weighted by atomic mass is 10.1. The maximum Gasteiger partial charge on any atom is 0.239 e. The van der Waals surface area contributed by atoms with Crippen LogP contribution in [0.25, 0.3) is 11.3 Å². The van der Waals surface area contributed by atoms with E-state index >= 15 is 0 Å². The number of carbonyl (C=O) groups excluding carboxylic acids is 2. The quantitative estimate of drug-likeness (QED) is 0.0985. The van der Waals surface area contributed by atoms with Crippen LogP contribution in [0.3, 0.4) is 0 Å². The molecule has 0 bridgehead atoms. The monoisotopic (exact) mass is 624 g/mol. The molecule has 0 fully saturated rings. The van der Waals surface area contributed by atoms with Gasteiger partial charge in [-0.05, 0) is 80.2 Å². The number of anilines is 3. The average molecular weight is 626 g/mol. The summed E-state index contributed by atoms with van der Waals surface area (Å²) in [6.07, 6.45) is 0.662. The lowest BCUT2D eigenvalue weighted by molar-refractivity contribution is -0.115. The van der Waals surface area contributed by atoms with Crippen molar-refractivity contribution >= 4 is 84.6 Å². The molecule has 194 valence electrons. The van der Waals surface area contributed by atoms with Crippen molar-refractivity contribution in [2.24, 2.45) is 0 Å². The van der Waals surface area contributed by atoms with Gasteiger partial charge >= 0.3 is 0 Å². The van der Waals surface area contributed by atoms with Crippen molar-refractivity contribution in [2.75, 3.05) is 16.0 Å². The number of hydrogen-bond donors (Lipinski definition) is 3. The Balaban J connectivity index is 1.34. The summed E-state index contributed by atoms with van der Waals surface area (Å²) in [6, 6.07) is 22.8. The van der Waals surface area contributed by atoms with Crippen molar-refractivity contribution in [3.8, 4) is 11.3 Å². The summed E-state index contributed by atoms with van der Waals surface area (Å²) in [4.78, 5) is 30.0. The number of amides is 1. The molecule has 0 saturated heterocycles. The van der Waals surface area contributed by atoms with Gasteiger partial charge in [-0.25, -0.2) is 4.98 Å². The Morgan fingerprint density at radius 3 is 2.39 bits per heavy atom. The van der Waals surface area contributed by atoms with Crippen LogP contribution in [-0.2, 0) is 4.79 Å². The second kappa shape index (κ2) is 13.1. The minimum absolute atomic E-state index is 0.0164. The zero-order valence-corrected chi connectivity index (χ0v) is 24.7. The first-order valence-corrected chi connectivity index (χ1v) is 14.7. The minimum atomic E-state index is -0.282. The molecule has 1 heterocycles. The van der Waals surface area contributed by atoms with Crippen LogP contribution in [0.1, 0.15) is 30.6 Å². The maximum absolute atomic E-state index is 13.0. The largest absolute Gasteiger partial charge is 0.332 e. The van der Waals surface area contributed by atoms with E-state index in [9.17, 15) is 9.59 Å². The number of thioether (sulfide) groups is 1. The number of ketones is 1. The van der Waals surface area contributed by atoms with Crippen molar-refractivity contribution < 1.29 is 9.59 Å². The Morgan fingerprint density at radius 2 is 1.71 bits per heavy atom. The van der Waals surface area contributed by atoms with Crippen molar-refractivity contribution in [1.82, 2.24) is 4.98 Å². The fraction of sp³-hybridized carbons (Fsp3) is 0.143. The highest BCUT2D eigenvalue weighted by Gasteiger charge is 2.20.